The molecular weight excluding hydrogens is 471 g/mol. The van der Waals surface area contributed by atoms with Crippen LogP contribution in [0.2, 0.25) is 0 Å². The smallest absolute Gasteiger partial charge is 0.416 e. The highest BCUT2D eigenvalue weighted by Crippen LogP contribution is 2.30. The Morgan fingerprint density at radius 1 is 1.06 bits per heavy atom. The predicted molar refractivity (Wildman–Crippen MR) is 129 cm³/mol. The van der Waals surface area contributed by atoms with Gasteiger partial charge < -0.3 is 14.5 Å². The van der Waals surface area contributed by atoms with E-state index < -0.39 is 17.6 Å². The molecule has 1 N–H and O–H groups in total. The van der Waals surface area contributed by atoms with Crippen LogP contribution in [-0.2, 0) is 25.7 Å². The van der Waals surface area contributed by atoms with Gasteiger partial charge in [-0.25, -0.2) is 0 Å². The van der Waals surface area contributed by atoms with Gasteiger partial charge in [-0.05, 0) is 67.8 Å². The van der Waals surface area contributed by atoms with Crippen molar-refractivity contribution in [2.75, 3.05) is 5.32 Å². The van der Waals surface area contributed by atoms with E-state index in [1.165, 1.54) is 11.6 Å². The molecule has 9 heteroatoms. The third-order valence-corrected chi connectivity index (χ3v) is 5.80. The fraction of sp³-hybridized carbons (Fsp3) is 0.259. The number of benzene rings is 2. The Morgan fingerprint density at radius 2 is 1.81 bits per heavy atom. The number of nitrogens with zero attached hydrogens (tertiary/aromatic N) is 2. The van der Waals surface area contributed by atoms with Gasteiger partial charge in [0.25, 0.3) is 5.91 Å². The number of ether oxygens (including phenoxy) is 1. The van der Waals surface area contributed by atoms with E-state index in [0.717, 1.165) is 18.6 Å². The molecule has 6 nitrogen and oxygen atoms in total. The van der Waals surface area contributed by atoms with Crippen LogP contribution >= 0.6 is 0 Å². The zero-order chi connectivity index (χ0) is 25.9. The number of carbonyl (C=O) groups is 1. The molecule has 4 aromatic rings. The maximum absolute atomic E-state index is 13.0. The van der Waals surface area contributed by atoms with Crippen LogP contribution in [0.25, 0.3) is 0 Å². The molecule has 0 saturated carbocycles. The number of anilines is 1. The number of nitrogens with one attached hydrogen (secondary N) is 1. The Balaban J connectivity index is 1.41. The Hall–Kier alpha value is -4.01. The lowest BCUT2D eigenvalue weighted by Crippen LogP contribution is -2.13. The Bertz CT molecular complexity index is 1350. The number of carbonyl (C=O) groups excluding carboxylic acids is 1. The van der Waals surface area contributed by atoms with Crippen molar-refractivity contribution in [3.63, 3.8) is 0 Å². The van der Waals surface area contributed by atoms with Gasteiger partial charge in [0, 0.05) is 0 Å². The summed E-state index contributed by atoms with van der Waals surface area (Å²) >= 11 is 0. The van der Waals surface area contributed by atoms with Crippen LogP contribution in [0.15, 0.2) is 65.1 Å². The Kier molecular flexibility index (Phi) is 7.19. The quantitative estimate of drug-likeness (QED) is 0.300. The first kappa shape index (κ1) is 25.1. The van der Waals surface area contributed by atoms with Gasteiger partial charge in [-0.15, -0.1) is 0 Å². The Labute approximate surface area is 206 Å². The highest BCUT2D eigenvalue weighted by Gasteiger charge is 2.30. The molecule has 0 aliphatic rings. The zero-order valence-electron chi connectivity index (χ0n) is 20.1. The summed E-state index contributed by atoms with van der Waals surface area (Å²) in [4.78, 5) is 12.8. The van der Waals surface area contributed by atoms with Crippen molar-refractivity contribution >= 4 is 11.6 Å². The third-order valence-electron chi connectivity index (χ3n) is 5.80. The lowest BCUT2D eigenvalue weighted by molar-refractivity contribution is -0.137. The van der Waals surface area contributed by atoms with Crippen molar-refractivity contribution < 1.29 is 27.1 Å². The molecule has 0 saturated heterocycles. The minimum Gasteiger partial charge on any atom is -0.486 e. The number of amides is 1. The van der Waals surface area contributed by atoms with Crippen LogP contribution in [0.1, 0.15) is 51.3 Å². The summed E-state index contributed by atoms with van der Waals surface area (Å²) in [5, 5.41) is 7.19. The number of hydrogen-bond donors (Lipinski definition) is 1. The molecule has 2 aromatic heterocycles. The van der Waals surface area contributed by atoms with Crippen LogP contribution in [0.3, 0.4) is 0 Å². The SMILES string of the molecule is CCc1ccc(OCc2ccc(C(=O)Nc3c(C)nn(Cc4cccc(C(F)(F)F)c4)c3C)o2)cc1. The van der Waals surface area contributed by atoms with Crippen molar-refractivity contribution in [1.82, 2.24) is 9.78 Å². The molecule has 0 unspecified atom stereocenters. The minimum atomic E-state index is -4.42. The normalized spacial score (nSPS) is 11.5. The summed E-state index contributed by atoms with van der Waals surface area (Å²) in [6.45, 7) is 5.85. The lowest BCUT2D eigenvalue weighted by Gasteiger charge is -2.10. The Morgan fingerprint density at radius 3 is 2.50 bits per heavy atom. The zero-order valence-corrected chi connectivity index (χ0v) is 20.1. The van der Waals surface area contributed by atoms with Crippen LogP contribution < -0.4 is 10.1 Å². The van der Waals surface area contributed by atoms with Crippen molar-refractivity contribution in [1.29, 1.82) is 0 Å². The molecule has 4 rings (SSSR count). The van der Waals surface area contributed by atoms with E-state index in [4.69, 9.17) is 9.15 Å². The maximum Gasteiger partial charge on any atom is 0.416 e. The first-order valence-electron chi connectivity index (χ1n) is 11.5. The summed E-state index contributed by atoms with van der Waals surface area (Å²) in [7, 11) is 0. The van der Waals surface area contributed by atoms with E-state index in [-0.39, 0.29) is 18.9 Å². The van der Waals surface area contributed by atoms with Gasteiger partial charge >= 0.3 is 6.18 Å². The predicted octanol–water partition coefficient (Wildman–Crippen LogP) is 6.55. The van der Waals surface area contributed by atoms with Crippen molar-refractivity contribution in [2.45, 2.75) is 46.5 Å². The van der Waals surface area contributed by atoms with E-state index >= 15 is 0 Å². The first-order chi connectivity index (χ1) is 17.1. The fourth-order valence-corrected chi connectivity index (χ4v) is 3.78. The average Bonchev–Trinajstić information content (AvgIpc) is 3.43. The van der Waals surface area contributed by atoms with Crippen LogP contribution in [0, 0.1) is 13.8 Å². The van der Waals surface area contributed by atoms with Gasteiger partial charge in [0.05, 0.1) is 29.2 Å². The monoisotopic (exact) mass is 497 g/mol. The van der Waals surface area contributed by atoms with E-state index in [2.05, 4.69) is 17.3 Å². The molecule has 0 aliphatic carbocycles. The highest BCUT2D eigenvalue weighted by molar-refractivity contribution is 6.02. The summed E-state index contributed by atoms with van der Waals surface area (Å²) in [6.07, 6.45) is -3.48. The first-order valence-corrected chi connectivity index (χ1v) is 11.5. The van der Waals surface area contributed by atoms with Crippen LogP contribution in [-0.4, -0.2) is 15.7 Å². The molecule has 1 amide bonds. The van der Waals surface area contributed by atoms with Crippen LogP contribution in [0.4, 0.5) is 18.9 Å². The van der Waals surface area contributed by atoms with E-state index in [9.17, 15) is 18.0 Å². The van der Waals surface area contributed by atoms with Gasteiger partial charge in [0.15, 0.2) is 5.76 Å². The van der Waals surface area contributed by atoms with Gasteiger partial charge in [-0.3, -0.25) is 9.48 Å². The molecule has 0 aliphatic heterocycles. The van der Waals surface area contributed by atoms with Crippen molar-refractivity contribution in [2.24, 2.45) is 0 Å². The third kappa shape index (κ3) is 5.79. The summed E-state index contributed by atoms with van der Waals surface area (Å²) < 4.78 is 52.0. The van der Waals surface area contributed by atoms with Crippen LogP contribution in [0.5, 0.6) is 5.75 Å². The number of rotatable bonds is 8. The molecule has 2 aromatic carbocycles. The summed E-state index contributed by atoms with van der Waals surface area (Å²) in [5.74, 6) is 0.847. The van der Waals surface area contributed by atoms with E-state index in [0.29, 0.717) is 34.1 Å². The molecule has 0 spiro atoms. The van der Waals surface area contributed by atoms with Crippen molar-refractivity contribution in [3.8, 4) is 5.75 Å². The minimum absolute atomic E-state index is 0.111. The number of furan rings is 1. The molecular formula is C27H26F3N3O3. The second-order valence-corrected chi connectivity index (χ2v) is 8.41. The standard InChI is InChI=1S/C27H26F3N3O3/c1-4-19-8-10-22(11-9-19)35-16-23-12-13-24(36-23)26(34)31-25-17(2)32-33(18(25)3)15-20-6-5-7-21(14-20)27(28,29)30/h5-14H,4,15-16H2,1-3H3,(H,31,34). The number of halogens is 3. The molecule has 0 atom stereocenters. The number of alkyl halides is 3. The molecule has 36 heavy (non-hydrogen) atoms. The van der Waals surface area contributed by atoms with Gasteiger partial charge in [0.2, 0.25) is 0 Å². The van der Waals surface area contributed by atoms with E-state index in [1.807, 2.05) is 24.3 Å². The molecule has 188 valence electrons. The molecule has 2 heterocycles. The number of hydrogen-bond acceptors (Lipinski definition) is 4. The lowest BCUT2D eigenvalue weighted by atomic mass is 10.1. The fourth-order valence-electron chi connectivity index (χ4n) is 3.78. The van der Waals surface area contributed by atoms with E-state index in [1.54, 1.807) is 36.7 Å². The van der Waals surface area contributed by atoms with Gasteiger partial charge in [0.1, 0.15) is 18.1 Å². The van der Waals surface area contributed by atoms with Gasteiger partial charge in [-0.1, -0.05) is 31.2 Å². The maximum atomic E-state index is 13.0. The second kappa shape index (κ2) is 10.3. The molecule has 0 fully saturated rings. The molecule has 0 bridgehead atoms. The second-order valence-electron chi connectivity index (χ2n) is 8.41. The topological polar surface area (TPSA) is 69.3 Å². The largest absolute Gasteiger partial charge is 0.486 e. The summed E-state index contributed by atoms with van der Waals surface area (Å²) in [5.41, 5.74) is 2.58. The highest BCUT2D eigenvalue weighted by atomic mass is 19.4. The molecule has 0 radical (unpaired) electrons. The number of aryl methyl sites for hydroxylation is 2. The van der Waals surface area contributed by atoms with Gasteiger partial charge in [-0.2, -0.15) is 18.3 Å². The number of aromatic nitrogens is 2. The van der Waals surface area contributed by atoms with Crippen molar-refractivity contribution in [3.05, 3.63) is 100 Å². The summed E-state index contributed by atoms with van der Waals surface area (Å²) in [6, 6.07) is 16.1. The average molecular weight is 498 g/mol.